The predicted molar refractivity (Wildman–Crippen MR) is 148 cm³/mol. The summed E-state index contributed by atoms with van der Waals surface area (Å²) in [5, 5.41) is 11.0. The number of fused-ring (bicyclic) bond motifs is 2. The number of carbonyl (C=O) groups is 1. The van der Waals surface area contributed by atoms with Crippen LogP contribution in [0, 0.1) is 30.1 Å². The fraction of sp³-hybridized carbons (Fsp3) is 0.194. The van der Waals surface area contributed by atoms with Crippen LogP contribution in [0.1, 0.15) is 44.2 Å². The number of methoxy groups -OCH3 is 1. The van der Waals surface area contributed by atoms with E-state index in [0.717, 1.165) is 50.2 Å². The Morgan fingerprint density at radius 1 is 1.05 bits per heavy atom. The Labute approximate surface area is 220 Å². The molecule has 0 aliphatic rings. The van der Waals surface area contributed by atoms with Crippen molar-refractivity contribution in [3.05, 3.63) is 99.7 Å². The number of thiazole rings is 1. The Balaban J connectivity index is 1.65. The van der Waals surface area contributed by atoms with Gasteiger partial charge in [0, 0.05) is 17.4 Å². The van der Waals surface area contributed by atoms with E-state index in [0.29, 0.717) is 18.5 Å². The molecule has 0 atom stereocenters. The van der Waals surface area contributed by atoms with Crippen LogP contribution in [0.5, 0.6) is 0 Å². The molecule has 0 unspecified atom stereocenters. The molecular formula is C31H25N3O2S. The largest absolute Gasteiger partial charge is 0.465 e. The summed E-state index contributed by atoms with van der Waals surface area (Å²) in [6.07, 6.45) is 1.93. The maximum atomic E-state index is 12.3. The molecule has 3 aromatic carbocycles. The van der Waals surface area contributed by atoms with Crippen LogP contribution in [-0.4, -0.2) is 22.6 Å². The van der Waals surface area contributed by atoms with Gasteiger partial charge in [0.1, 0.15) is 0 Å². The summed E-state index contributed by atoms with van der Waals surface area (Å²) in [7, 11) is 1.39. The quantitative estimate of drug-likeness (QED) is 0.197. The Morgan fingerprint density at radius 2 is 1.86 bits per heavy atom. The molecular weight excluding hydrogens is 478 g/mol. The SMILES string of the molecule is COC(=O)c1ccc2c(c1)c(CCc1ccc(C)cc1)c(C#Cc1nc3ccccc3s1)n2CCC#N. The highest BCUT2D eigenvalue weighted by atomic mass is 32.1. The lowest BCUT2D eigenvalue weighted by atomic mass is 10.00. The Hall–Kier alpha value is -4.39. The number of carbonyl (C=O) groups excluding carboxylic acids is 1. The molecule has 2 aromatic heterocycles. The van der Waals surface area contributed by atoms with Crippen LogP contribution in [0.25, 0.3) is 21.1 Å². The highest BCUT2D eigenvalue weighted by Crippen LogP contribution is 2.30. The van der Waals surface area contributed by atoms with Crippen molar-refractivity contribution in [2.75, 3.05) is 7.11 Å². The molecule has 0 aliphatic heterocycles. The molecule has 0 bridgehead atoms. The van der Waals surface area contributed by atoms with Gasteiger partial charge < -0.3 is 9.30 Å². The van der Waals surface area contributed by atoms with Gasteiger partial charge in [-0.15, -0.1) is 11.3 Å². The van der Waals surface area contributed by atoms with Gasteiger partial charge in [0.25, 0.3) is 0 Å². The molecule has 2 heterocycles. The number of aryl methyl sites for hydroxylation is 4. The molecule has 0 amide bonds. The van der Waals surface area contributed by atoms with Crippen LogP contribution >= 0.6 is 11.3 Å². The molecule has 5 nitrogen and oxygen atoms in total. The molecule has 182 valence electrons. The van der Waals surface area contributed by atoms with E-state index in [9.17, 15) is 10.1 Å². The van der Waals surface area contributed by atoms with Crippen molar-refractivity contribution in [1.29, 1.82) is 5.26 Å². The number of para-hydroxylation sites is 1. The first-order valence-corrected chi connectivity index (χ1v) is 12.9. The number of ether oxygens (including phenoxy) is 1. The minimum Gasteiger partial charge on any atom is -0.465 e. The van der Waals surface area contributed by atoms with Gasteiger partial charge in [0.2, 0.25) is 0 Å². The van der Waals surface area contributed by atoms with Gasteiger partial charge in [0.15, 0.2) is 5.01 Å². The van der Waals surface area contributed by atoms with Crippen LogP contribution in [0.15, 0.2) is 66.7 Å². The van der Waals surface area contributed by atoms with Gasteiger partial charge in [-0.1, -0.05) is 42.0 Å². The fourth-order valence-corrected chi connectivity index (χ4v) is 5.34. The van der Waals surface area contributed by atoms with E-state index in [1.54, 1.807) is 17.4 Å². The second-order valence-electron chi connectivity index (χ2n) is 8.83. The summed E-state index contributed by atoms with van der Waals surface area (Å²) >= 11 is 1.57. The lowest BCUT2D eigenvalue weighted by Crippen LogP contribution is -2.02. The number of rotatable bonds is 6. The summed E-state index contributed by atoms with van der Waals surface area (Å²) in [5.41, 5.74) is 6.76. The zero-order valence-corrected chi connectivity index (χ0v) is 21.6. The first-order chi connectivity index (χ1) is 18.1. The number of aromatic nitrogens is 2. The maximum absolute atomic E-state index is 12.3. The lowest BCUT2D eigenvalue weighted by Gasteiger charge is -2.06. The first kappa shape index (κ1) is 24.3. The highest BCUT2D eigenvalue weighted by molar-refractivity contribution is 7.19. The van der Waals surface area contributed by atoms with E-state index < -0.39 is 0 Å². The molecule has 5 rings (SSSR count). The van der Waals surface area contributed by atoms with Crippen molar-refractivity contribution in [2.24, 2.45) is 0 Å². The molecule has 0 saturated heterocycles. The molecule has 5 aromatic rings. The molecule has 0 saturated carbocycles. The third kappa shape index (κ3) is 5.11. The van der Waals surface area contributed by atoms with Crippen LogP contribution < -0.4 is 0 Å². The van der Waals surface area contributed by atoms with Crippen molar-refractivity contribution >= 4 is 38.4 Å². The maximum Gasteiger partial charge on any atom is 0.337 e. The van der Waals surface area contributed by atoms with Crippen molar-refractivity contribution in [3.8, 4) is 17.9 Å². The van der Waals surface area contributed by atoms with Gasteiger partial charge >= 0.3 is 5.97 Å². The summed E-state index contributed by atoms with van der Waals surface area (Å²) in [6, 6.07) is 24.4. The number of esters is 1. The highest BCUT2D eigenvalue weighted by Gasteiger charge is 2.18. The van der Waals surface area contributed by atoms with Gasteiger partial charge in [-0.05, 0) is 73.1 Å². The second-order valence-corrected chi connectivity index (χ2v) is 9.86. The average Bonchev–Trinajstić information content (AvgIpc) is 3.47. The number of nitrogens with zero attached hydrogens (tertiary/aromatic N) is 3. The van der Waals surface area contributed by atoms with Crippen LogP contribution in [0.4, 0.5) is 0 Å². The number of hydrogen-bond acceptors (Lipinski definition) is 5. The summed E-state index contributed by atoms with van der Waals surface area (Å²) in [6.45, 7) is 2.59. The van der Waals surface area contributed by atoms with E-state index in [1.807, 2.05) is 36.4 Å². The zero-order valence-electron chi connectivity index (χ0n) is 20.7. The van der Waals surface area contributed by atoms with Crippen molar-refractivity contribution < 1.29 is 9.53 Å². The van der Waals surface area contributed by atoms with Crippen LogP contribution in [-0.2, 0) is 24.1 Å². The van der Waals surface area contributed by atoms with Crippen LogP contribution in [0.3, 0.4) is 0 Å². The number of benzene rings is 3. The van der Waals surface area contributed by atoms with E-state index in [2.05, 4.69) is 58.7 Å². The van der Waals surface area contributed by atoms with Gasteiger partial charge in [-0.2, -0.15) is 5.26 Å². The van der Waals surface area contributed by atoms with E-state index in [4.69, 9.17) is 4.74 Å². The normalized spacial score (nSPS) is 10.7. The van der Waals surface area contributed by atoms with Gasteiger partial charge in [-0.3, -0.25) is 0 Å². The number of hydrogen-bond donors (Lipinski definition) is 0. The molecule has 6 heteroatoms. The Morgan fingerprint density at radius 3 is 2.62 bits per heavy atom. The van der Waals surface area contributed by atoms with E-state index >= 15 is 0 Å². The zero-order chi connectivity index (χ0) is 25.8. The van der Waals surface area contributed by atoms with Crippen LogP contribution in [0.2, 0.25) is 0 Å². The minimum absolute atomic E-state index is 0.357. The monoisotopic (exact) mass is 503 g/mol. The second kappa shape index (κ2) is 10.7. The van der Waals surface area contributed by atoms with Crippen molar-refractivity contribution in [1.82, 2.24) is 9.55 Å². The molecule has 37 heavy (non-hydrogen) atoms. The van der Waals surface area contributed by atoms with Crippen molar-refractivity contribution in [2.45, 2.75) is 32.7 Å². The molecule has 0 N–H and O–H groups in total. The molecule has 0 fully saturated rings. The van der Waals surface area contributed by atoms with Crippen molar-refractivity contribution in [3.63, 3.8) is 0 Å². The average molecular weight is 504 g/mol. The molecule has 0 aliphatic carbocycles. The molecule has 0 radical (unpaired) electrons. The predicted octanol–water partition coefficient (Wildman–Crippen LogP) is 6.44. The standard InChI is InChI=1S/C31H25N3O2S/c1-21-8-10-22(11-9-21)12-14-24-25-20-23(31(35)36-2)13-15-28(25)34(19-5-18-32)27(24)16-17-30-33-26-6-3-4-7-29(26)37-30/h3-4,6-11,13,15,20H,5,12,14,19H2,1-2H3. The summed E-state index contributed by atoms with van der Waals surface area (Å²) < 4.78 is 8.18. The summed E-state index contributed by atoms with van der Waals surface area (Å²) in [5.74, 6) is 6.31. The smallest absolute Gasteiger partial charge is 0.337 e. The molecule has 0 spiro atoms. The van der Waals surface area contributed by atoms with E-state index in [1.165, 1.54) is 18.2 Å². The van der Waals surface area contributed by atoms with E-state index in [-0.39, 0.29) is 5.97 Å². The first-order valence-electron chi connectivity index (χ1n) is 12.1. The minimum atomic E-state index is -0.377. The van der Waals surface area contributed by atoms with Gasteiger partial charge in [-0.25, -0.2) is 9.78 Å². The third-order valence-corrected chi connectivity index (χ3v) is 7.35. The Bertz CT molecular complexity index is 1680. The number of nitriles is 1. The van der Waals surface area contributed by atoms with Gasteiger partial charge in [0.05, 0.1) is 41.1 Å². The Kier molecular flexibility index (Phi) is 7.03. The lowest BCUT2D eigenvalue weighted by molar-refractivity contribution is 0.0601. The third-order valence-electron chi connectivity index (χ3n) is 6.40. The summed E-state index contributed by atoms with van der Waals surface area (Å²) in [4.78, 5) is 17.0. The topological polar surface area (TPSA) is 67.9 Å². The fourth-order valence-electron chi connectivity index (χ4n) is 4.52.